The van der Waals surface area contributed by atoms with E-state index in [1.807, 2.05) is 12.1 Å². The predicted octanol–water partition coefficient (Wildman–Crippen LogP) is 3.69. The van der Waals surface area contributed by atoms with Crippen molar-refractivity contribution in [3.63, 3.8) is 0 Å². The van der Waals surface area contributed by atoms with Crippen LogP contribution in [0.2, 0.25) is 0 Å². The van der Waals surface area contributed by atoms with Crippen LogP contribution < -0.4 is 0 Å². The van der Waals surface area contributed by atoms with Gasteiger partial charge in [0.1, 0.15) is 0 Å². The Bertz CT molecular complexity index is 530. The summed E-state index contributed by atoms with van der Waals surface area (Å²) in [6, 6.07) is 21.2. The van der Waals surface area contributed by atoms with Crippen LogP contribution in [0.3, 0.4) is 0 Å². The molecule has 3 rings (SSSR count). The van der Waals surface area contributed by atoms with Crippen LogP contribution in [0.1, 0.15) is 24.0 Å². The normalized spacial score (nSPS) is 17.2. The molecule has 0 unspecified atom stereocenters. The summed E-state index contributed by atoms with van der Waals surface area (Å²) in [6.07, 6.45) is 4.27. The molecule has 0 radical (unpaired) electrons. The van der Waals surface area contributed by atoms with Crippen molar-refractivity contribution in [3.8, 4) is 0 Å². The van der Waals surface area contributed by atoms with Crippen molar-refractivity contribution < 1.29 is 5.11 Å². The van der Waals surface area contributed by atoms with Crippen molar-refractivity contribution in [3.05, 3.63) is 83.4 Å². The van der Waals surface area contributed by atoms with Crippen molar-refractivity contribution in [2.75, 3.05) is 6.61 Å². The van der Waals surface area contributed by atoms with Gasteiger partial charge in [-0.05, 0) is 29.5 Å². The monoisotopic (exact) mass is 250 g/mol. The van der Waals surface area contributed by atoms with E-state index in [4.69, 9.17) is 0 Å². The highest BCUT2D eigenvalue weighted by atomic mass is 16.3. The first-order valence-corrected chi connectivity index (χ1v) is 6.78. The number of hydrogen-bond donors (Lipinski definition) is 1. The number of aliphatic hydroxyl groups excluding tert-OH is 1. The smallest absolute Gasteiger partial charge is 0.0642 e. The average Bonchev–Trinajstić information content (AvgIpc) is 2.95. The van der Waals surface area contributed by atoms with Crippen LogP contribution in [0.5, 0.6) is 0 Å². The second-order valence-corrected chi connectivity index (χ2v) is 5.16. The maximum absolute atomic E-state index is 9.42. The SMILES string of the molecule is OCC1=CC(c2ccccc2)(c2ccccc2)CC1. The molecule has 2 aromatic carbocycles. The van der Waals surface area contributed by atoms with Gasteiger partial charge < -0.3 is 5.11 Å². The molecule has 19 heavy (non-hydrogen) atoms. The Morgan fingerprint density at radius 3 is 1.79 bits per heavy atom. The maximum atomic E-state index is 9.42. The zero-order chi connectivity index (χ0) is 13.1. The Hall–Kier alpha value is -1.86. The van der Waals surface area contributed by atoms with Crippen molar-refractivity contribution in [2.24, 2.45) is 0 Å². The fourth-order valence-electron chi connectivity index (χ4n) is 3.07. The summed E-state index contributed by atoms with van der Waals surface area (Å²) in [5.74, 6) is 0. The van der Waals surface area contributed by atoms with Crippen LogP contribution in [-0.2, 0) is 5.41 Å². The average molecular weight is 250 g/mol. The van der Waals surface area contributed by atoms with E-state index in [-0.39, 0.29) is 12.0 Å². The third kappa shape index (κ3) is 2.11. The third-order valence-electron chi connectivity index (χ3n) is 4.07. The van der Waals surface area contributed by atoms with Crippen molar-refractivity contribution in [1.82, 2.24) is 0 Å². The molecule has 0 bridgehead atoms. The summed E-state index contributed by atoms with van der Waals surface area (Å²) in [7, 11) is 0. The van der Waals surface area contributed by atoms with Gasteiger partial charge in [-0.2, -0.15) is 0 Å². The molecule has 0 saturated carbocycles. The lowest BCUT2D eigenvalue weighted by Crippen LogP contribution is -2.22. The van der Waals surface area contributed by atoms with Gasteiger partial charge in [-0.15, -0.1) is 0 Å². The molecule has 0 aromatic heterocycles. The van der Waals surface area contributed by atoms with Gasteiger partial charge >= 0.3 is 0 Å². The Morgan fingerprint density at radius 2 is 1.37 bits per heavy atom. The second-order valence-electron chi connectivity index (χ2n) is 5.16. The van der Waals surface area contributed by atoms with Gasteiger partial charge in [0.25, 0.3) is 0 Å². The van der Waals surface area contributed by atoms with E-state index in [1.165, 1.54) is 11.1 Å². The lowest BCUT2D eigenvalue weighted by atomic mass is 9.74. The van der Waals surface area contributed by atoms with E-state index in [0.717, 1.165) is 18.4 Å². The summed E-state index contributed by atoms with van der Waals surface area (Å²) in [4.78, 5) is 0. The number of allylic oxidation sites excluding steroid dienone is 1. The molecule has 96 valence electrons. The van der Waals surface area contributed by atoms with Gasteiger partial charge in [0.2, 0.25) is 0 Å². The highest BCUT2D eigenvalue weighted by molar-refractivity contribution is 5.48. The molecule has 0 aliphatic heterocycles. The molecule has 0 saturated heterocycles. The number of benzene rings is 2. The zero-order valence-electron chi connectivity index (χ0n) is 10.9. The predicted molar refractivity (Wildman–Crippen MR) is 78.1 cm³/mol. The Balaban J connectivity index is 2.16. The summed E-state index contributed by atoms with van der Waals surface area (Å²) >= 11 is 0. The van der Waals surface area contributed by atoms with Crippen LogP contribution >= 0.6 is 0 Å². The van der Waals surface area contributed by atoms with Crippen LogP contribution in [0.4, 0.5) is 0 Å². The molecule has 2 aromatic rings. The topological polar surface area (TPSA) is 20.2 Å². The van der Waals surface area contributed by atoms with Crippen molar-refractivity contribution >= 4 is 0 Å². The minimum atomic E-state index is -0.0689. The van der Waals surface area contributed by atoms with E-state index in [2.05, 4.69) is 54.6 Å². The quantitative estimate of drug-likeness (QED) is 0.824. The highest BCUT2D eigenvalue weighted by Gasteiger charge is 2.35. The van der Waals surface area contributed by atoms with Gasteiger partial charge in [-0.1, -0.05) is 66.7 Å². The largest absolute Gasteiger partial charge is 0.392 e. The second kappa shape index (κ2) is 5.02. The Labute approximate surface area is 114 Å². The summed E-state index contributed by atoms with van der Waals surface area (Å²) in [5.41, 5.74) is 3.70. The Morgan fingerprint density at radius 1 is 0.842 bits per heavy atom. The van der Waals surface area contributed by atoms with Gasteiger partial charge in [0.05, 0.1) is 6.61 Å². The molecular formula is C18H18O. The third-order valence-corrected chi connectivity index (χ3v) is 4.07. The molecule has 0 heterocycles. The molecule has 0 fully saturated rings. The molecular weight excluding hydrogens is 232 g/mol. The van der Waals surface area contributed by atoms with Gasteiger partial charge in [0, 0.05) is 5.41 Å². The summed E-state index contributed by atoms with van der Waals surface area (Å²) in [6.45, 7) is 0.168. The molecule has 0 atom stereocenters. The molecule has 1 aliphatic carbocycles. The fourth-order valence-corrected chi connectivity index (χ4v) is 3.07. The van der Waals surface area contributed by atoms with E-state index in [1.54, 1.807) is 0 Å². The fraction of sp³-hybridized carbons (Fsp3) is 0.222. The zero-order valence-corrected chi connectivity index (χ0v) is 10.9. The van der Waals surface area contributed by atoms with E-state index < -0.39 is 0 Å². The lowest BCUT2D eigenvalue weighted by Gasteiger charge is -2.28. The molecule has 0 amide bonds. The first-order chi connectivity index (χ1) is 9.35. The number of hydrogen-bond acceptors (Lipinski definition) is 1. The minimum Gasteiger partial charge on any atom is -0.392 e. The molecule has 1 heteroatoms. The minimum absolute atomic E-state index is 0.0689. The molecule has 0 spiro atoms. The van der Waals surface area contributed by atoms with Crippen LogP contribution in [0, 0.1) is 0 Å². The van der Waals surface area contributed by atoms with E-state index >= 15 is 0 Å². The maximum Gasteiger partial charge on any atom is 0.0642 e. The summed E-state index contributed by atoms with van der Waals surface area (Å²) in [5, 5.41) is 9.42. The first kappa shape index (κ1) is 12.2. The number of rotatable bonds is 3. The van der Waals surface area contributed by atoms with Crippen molar-refractivity contribution in [1.29, 1.82) is 0 Å². The van der Waals surface area contributed by atoms with E-state index in [9.17, 15) is 5.11 Å². The van der Waals surface area contributed by atoms with Crippen LogP contribution in [0.25, 0.3) is 0 Å². The highest BCUT2D eigenvalue weighted by Crippen LogP contribution is 2.44. The lowest BCUT2D eigenvalue weighted by molar-refractivity contribution is 0.328. The molecule has 1 N–H and O–H groups in total. The van der Waals surface area contributed by atoms with Gasteiger partial charge in [0.15, 0.2) is 0 Å². The molecule has 1 nitrogen and oxygen atoms in total. The van der Waals surface area contributed by atoms with Crippen molar-refractivity contribution in [2.45, 2.75) is 18.3 Å². The summed E-state index contributed by atoms with van der Waals surface area (Å²) < 4.78 is 0. The van der Waals surface area contributed by atoms with Crippen LogP contribution in [-0.4, -0.2) is 11.7 Å². The standard InChI is InChI=1S/C18H18O/c19-14-15-11-12-18(13-15,16-7-3-1-4-8-16)17-9-5-2-6-10-17/h1-10,13,19H,11-12,14H2. The van der Waals surface area contributed by atoms with E-state index in [0.29, 0.717) is 0 Å². The van der Waals surface area contributed by atoms with Gasteiger partial charge in [-0.25, -0.2) is 0 Å². The first-order valence-electron chi connectivity index (χ1n) is 6.78. The number of aliphatic hydroxyl groups is 1. The Kier molecular flexibility index (Phi) is 3.22. The van der Waals surface area contributed by atoms with Crippen LogP contribution in [0.15, 0.2) is 72.3 Å². The molecule has 1 aliphatic rings. The van der Waals surface area contributed by atoms with Gasteiger partial charge in [-0.3, -0.25) is 0 Å².